The number of carbonyl (C=O) groups is 2. The Morgan fingerprint density at radius 1 is 1.10 bits per heavy atom. The van der Waals surface area contributed by atoms with Crippen molar-refractivity contribution in [1.82, 2.24) is 5.32 Å². The molecule has 0 fully saturated rings. The third kappa shape index (κ3) is 5.72. The number of amides is 1. The third-order valence-corrected chi connectivity index (χ3v) is 2.58. The van der Waals surface area contributed by atoms with Gasteiger partial charge in [0.05, 0.1) is 20.8 Å². The second kappa shape index (κ2) is 8.14. The summed E-state index contributed by atoms with van der Waals surface area (Å²) in [5, 5.41) is 2.50. The summed E-state index contributed by atoms with van der Waals surface area (Å²) in [7, 11) is 3.00. The van der Waals surface area contributed by atoms with Gasteiger partial charge in [0.15, 0.2) is 0 Å². The molecule has 0 spiro atoms. The van der Waals surface area contributed by atoms with Gasteiger partial charge in [-0.25, -0.2) is 0 Å². The van der Waals surface area contributed by atoms with E-state index in [1.165, 1.54) is 14.2 Å². The first-order valence-electron chi connectivity index (χ1n) is 6.63. The van der Waals surface area contributed by atoms with Gasteiger partial charge in [0.1, 0.15) is 18.0 Å². The fraction of sp³-hybridized carbons (Fsp3) is 0.467. The molecule has 0 radical (unpaired) electrons. The Kier molecular flexibility index (Phi) is 6.52. The van der Waals surface area contributed by atoms with Crippen molar-refractivity contribution in [2.24, 2.45) is 5.92 Å². The lowest BCUT2D eigenvalue weighted by atomic mass is 10.2. The van der Waals surface area contributed by atoms with Gasteiger partial charge in [0.25, 0.3) is 5.91 Å². The molecule has 1 aromatic carbocycles. The van der Waals surface area contributed by atoms with Crippen LogP contribution in [-0.4, -0.2) is 39.2 Å². The lowest BCUT2D eigenvalue weighted by molar-refractivity contribution is -0.143. The number of hydrogen-bond donors (Lipinski definition) is 1. The first kappa shape index (κ1) is 16.8. The lowest BCUT2D eigenvalue weighted by Gasteiger charge is -2.10. The lowest BCUT2D eigenvalue weighted by Crippen LogP contribution is -2.31. The van der Waals surface area contributed by atoms with Crippen LogP contribution in [0.5, 0.6) is 11.5 Å². The summed E-state index contributed by atoms with van der Waals surface area (Å²) in [6.45, 7) is 4.04. The van der Waals surface area contributed by atoms with Gasteiger partial charge >= 0.3 is 5.97 Å². The van der Waals surface area contributed by atoms with Crippen LogP contribution in [0.15, 0.2) is 18.2 Å². The van der Waals surface area contributed by atoms with Crippen molar-refractivity contribution in [2.75, 3.05) is 27.4 Å². The maximum absolute atomic E-state index is 12.0. The van der Waals surface area contributed by atoms with E-state index in [9.17, 15) is 9.59 Å². The summed E-state index contributed by atoms with van der Waals surface area (Å²) in [6.07, 6.45) is 0. The summed E-state index contributed by atoms with van der Waals surface area (Å²) >= 11 is 0. The molecule has 1 aromatic rings. The van der Waals surface area contributed by atoms with Crippen LogP contribution in [0.2, 0.25) is 0 Å². The van der Waals surface area contributed by atoms with Crippen molar-refractivity contribution in [3.63, 3.8) is 0 Å². The fourth-order valence-electron chi connectivity index (χ4n) is 1.50. The predicted octanol–water partition coefficient (Wildman–Crippen LogP) is 1.63. The third-order valence-electron chi connectivity index (χ3n) is 2.58. The average Bonchev–Trinajstić information content (AvgIpc) is 2.49. The number of methoxy groups -OCH3 is 2. The number of carbonyl (C=O) groups excluding carboxylic acids is 2. The smallest absolute Gasteiger partial charge is 0.325 e. The number of hydrogen-bond acceptors (Lipinski definition) is 5. The Balaban J connectivity index is 2.61. The molecule has 6 nitrogen and oxygen atoms in total. The van der Waals surface area contributed by atoms with E-state index in [0.717, 1.165) is 0 Å². The van der Waals surface area contributed by atoms with Crippen LogP contribution < -0.4 is 14.8 Å². The van der Waals surface area contributed by atoms with E-state index in [4.69, 9.17) is 14.2 Å². The summed E-state index contributed by atoms with van der Waals surface area (Å²) in [6, 6.07) is 4.79. The number of rotatable bonds is 7. The molecule has 0 saturated heterocycles. The highest BCUT2D eigenvalue weighted by Crippen LogP contribution is 2.22. The monoisotopic (exact) mass is 295 g/mol. The Hall–Kier alpha value is -2.24. The first-order valence-corrected chi connectivity index (χ1v) is 6.63. The molecular weight excluding hydrogens is 274 g/mol. The van der Waals surface area contributed by atoms with Gasteiger partial charge in [0, 0.05) is 11.6 Å². The van der Waals surface area contributed by atoms with E-state index in [-0.39, 0.29) is 12.5 Å². The van der Waals surface area contributed by atoms with Crippen LogP contribution in [0.1, 0.15) is 24.2 Å². The fourth-order valence-corrected chi connectivity index (χ4v) is 1.50. The van der Waals surface area contributed by atoms with Crippen molar-refractivity contribution in [3.05, 3.63) is 23.8 Å². The highest BCUT2D eigenvalue weighted by molar-refractivity contribution is 5.96. The van der Waals surface area contributed by atoms with Crippen molar-refractivity contribution in [3.8, 4) is 11.5 Å². The van der Waals surface area contributed by atoms with E-state index < -0.39 is 11.9 Å². The molecular formula is C15H21NO5. The molecule has 0 aliphatic rings. The normalized spacial score (nSPS) is 10.1. The van der Waals surface area contributed by atoms with Crippen molar-refractivity contribution in [1.29, 1.82) is 0 Å². The molecule has 21 heavy (non-hydrogen) atoms. The molecule has 1 rings (SSSR count). The molecule has 1 N–H and O–H groups in total. The standard InChI is InChI=1S/C15H21NO5/c1-10(2)9-21-14(17)8-16-15(18)11-5-12(19-3)7-13(6-11)20-4/h5-7,10H,8-9H2,1-4H3,(H,16,18). The molecule has 0 atom stereocenters. The van der Waals surface area contributed by atoms with E-state index in [1.54, 1.807) is 18.2 Å². The van der Waals surface area contributed by atoms with Gasteiger partial charge < -0.3 is 19.5 Å². The van der Waals surface area contributed by atoms with Crippen LogP contribution in [0.25, 0.3) is 0 Å². The molecule has 1 amide bonds. The van der Waals surface area contributed by atoms with E-state index in [1.807, 2.05) is 13.8 Å². The van der Waals surface area contributed by atoms with Gasteiger partial charge in [-0.3, -0.25) is 9.59 Å². The van der Waals surface area contributed by atoms with Crippen LogP contribution in [0.3, 0.4) is 0 Å². The van der Waals surface area contributed by atoms with Gasteiger partial charge in [-0.1, -0.05) is 13.8 Å². The van der Waals surface area contributed by atoms with Crippen molar-refractivity contribution < 1.29 is 23.8 Å². The largest absolute Gasteiger partial charge is 0.497 e. The molecule has 6 heteroatoms. The minimum atomic E-state index is -0.466. The van der Waals surface area contributed by atoms with E-state index >= 15 is 0 Å². The zero-order valence-corrected chi connectivity index (χ0v) is 12.8. The maximum atomic E-state index is 12.0. The Labute approximate surface area is 124 Å². The molecule has 0 heterocycles. The highest BCUT2D eigenvalue weighted by Gasteiger charge is 2.12. The number of benzene rings is 1. The molecule has 0 bridgehead atoms. The predicted molar refractivity (Wildman–Crippen MR) is 77.7 cm³/mol. The second-order valence-electron chi connectivity index (χ2n) is 4.86. The first-order chi connectivity index (χ1) is 9.96. The van der Waals surface area contributed by atoms with Crippen molar-refractivity contribution in [2.45, 2.75) is 13.8 Å². The molecule has 0 aliphatic carbocycles. The molecule has 116 valence electrons. The Bertz CT molecular complexity index is 477. The topological polar surface area (TPSA) is 73.9 Å². The summed E-state index contributed by atoms with van der Waals surface area (Å²) in [5.74, 6) is 0.400. The SMILES string of the molecule is COc1cc(OC)cc(C(=O)NCC(=O)OCC(C)C)c1. The Morgan fingerprint density at radius 2 is 1.67 bits per heavy atom. The summed E-state index contributed by atoms with van der Waals surface area (Å²) < 4.78 is 15.1. The van der Waals surface area contributed by atoms with Crippen LogP contribution in [0.4, 0.5) is 0 Å². The van der Waals surface area contributed by atoms with Gasteiger partial charge in [0.2, 0.25) is 0 Å². The molecule has 0 unspecified atom stereocenters. The van der Waals surface area contributed by atoms with E-state index in [0.29, 0.717) is 23.7 Å². The van der Waals surface area contributed by atoms with E-state index in [2.05, 4.69) is 5.32 Å². The highest BCUT2D eigenvalue weighted by atomic mass is 16.5. The minimum Gasteiger partial charge on any atom is -0.497 e. The molecule has 0 saturated carbocycles. The summed E-state index contributed by atoms with van der Waals surface area (Å²) in [5.41, 5.74) is 0.350. The quantitative estimate of drug-likeness (QED) is 0.774. The van der Waals surface area contributed by atoms with Gasteiger partial charge in [-0.2, -0.15) is 0 Å². The molecule has 0 aliphatic heterocycles. The zero-order chi connectivity index (χ0) is 15.8. The second-order valence-corrected chi connectivity index (χ2v) is 4.86. The van der Waals surface area contributed by atoms with Crippen LogP contribution in [0, 0.1) is 5.92 Å². The van der Waals surface area contributed by atoms with Crippen LogP contribution >= 0.6 is 0 Å². The average molecular weight is 295 g/mol. The van der Waals surface area contributed by atoms with Gasteiger partial charge in [-0.05, 0) is 18.1 Å². The van der Waals surface area contributed by atoms with Crippen molar-refractivity contribution >= 4 is 11.9 Å². The number of esters is 1. The Morgan fingerprint density at radius 3 is 2.14 bits per heavy atom. The molecule has 0 aromatic heterocycles. The number of ether oxygens (including phenoxy) is 3. The van der Waals surface area contributed by atoms with Gasteiger partial charge in [-0.15, -0.1) is 0 Å². The van der Waals surface area contributed by atoms with Crippen LogP contribution in [-0.2, 0) is 9.53 Å². The zero-order valence-electron chi connectivity index (χ0n) is 12.8. The number of nitrogens with one attached hydrogen (secondary N) is 1. The maximum Gasteiger partial charge on any atom is 0.325 e. The minimum absolute atomic E-state index is 0.176. The summed E-state index contributed by atoms with van der Waals surface area (Å²) in [4.78, 5) is 23.4.